The summed E-state index contributed by atoms with van der Waals surface area (Å²) in [5.74, 6) is 1.68. The molecular weight excluding hydrogens is 328 g/mol. The third-order valence-electron chi connectivity index (χ3n) is 6.15. The van der Waals surface area contributed by atoms with Gasteiger partial charge in [-0.1, -0.05) is 66.7 Å². The summed E-state index contributed by atoms with van der Waals surface area (Å²) in [6.45, 7) is 0. The minimum atomic E-state index is 0.147. The molecule has 2 aromatic carbocycles. The lowest BCUT2D eigenvalue weighted by Gasteiger charge is -2.41. The van der Waals surface area contributed by atoms with Crippen LogP contribution in [0, 0.1) is 5.92 Å². The molecule has 0 saturated carbocycles. The molecule has 0 bridgehead atoms. The molecule has 0 spiro atoms. The van der Waals surface area contributed by atoms with E-state index in [1.165, 1.54) is 53.7 Å². The zero-order chi connectivity index (χ0) is 18.1. The van der Waals surface area contributed by atoms with E-state index in [0.717, 1.165) is 12.8 Å². The van der Waals surface area contributed by atoms with Crippen molar-refractivity contribution in [2.75, 3.05) is 0 Å². The fraction of sp³-hybridized carbons (Fsp3) is 0.308. The Bertz CT molecular complexity index is 902. The molecule has 3 aliphatic rings. The fourth-order valence-electron chi connectivity index (χ4n) is 4.90. The van der Waals surface area contributed by atoms with E-state index in [9.17, 15) is 0 Å². The van der Waals surface area contributed by atoms with Gasteiger partial charge < -0.3 is 4.74 Å². The maximum atomic E-state index is 6.80. The van der Waals surface area contributed by atoms with Gasteiger partial charge in [0.15, 0.2) is 0 Å². The first kappa shape index (κ1) is 16.6. The van der Waals surface area contributed by atoms with Crippen molar-refractivity contribution >= 4 is 6.08 Å². The first-order valence-corrected chi connectivity index (χ1v) is 10.3. The molecule has 1 heterocycles. The maximum Gasteiger partial charge on any atom is 0.131 e. The van der Waals surface area contributed by atoms with E-state index in [-0.39, 0.29) is 6.10 Å². The monoisotopic (exact) mass is 354 g/mol. The Hall–Kier alpha value is -2.54. The molecule has 0 fully saturated rings. The average Bonchev–Trinajstić information content (AvgIpc) is 2.75. The van der Waals surface area contributed by atoms with Crippen molar-refractivity contribution in [1.29, 1.82) is 0 Å². The topological polar surface area (TPSA) is 9.23 Å². The summed E-state index contributed by atoms with van der Waals surface area (Å²) in [4.78, 5) is 0. The van der Waals surface area contributed by atoms with Crippen molar-refractivity contribution < 1.29 is 4.74 Å². The molecule has 1 nitrogen and oxygen atoms in total. The molecule has 0 aromatic heterocycles. The van der Waals surface area contributed by atoms with Gasteiger partial charge >= 0.3 is 0 Å². The van der Waals surface area contributed by atoms with Gasteiger partial charge in [0, 0.05) is 5.92 Å². The largest absolute Gasteiger partial charge is 0.485 e. The molecule has 2 aliphatic carbocycles. The summed E-state index contributed by atoms with van der Waals surface area (Å²) in [6, 6.07) is 21.5. The van der Waals surface area contributed by atoms with Crippen LogP contribution in [-0.2, 0) is 4.74 Å². The van der Waals surface area contributed by atoms with E-state index in [1.54, 1.807) is 5.57 Å². The van der Waals surface area contributed by atoms with Gasteiger partial charge in [0.1, 0.15) is 11.9 Å². The van der Waals surface area contributed by atoms with E-state index in [2.05, 4.69) is 72.8 Å². The Labute approximate surface area is 162 Å². The summed E-state index contributed by atoms with van der Waals surface area (Å²) in [5.41, 5.74) is 7.01. The number of fused-ring (bicyclic) bond motifs is 2. The van der Waals surface area contributed by atoms with Crippen LogP contribution in [0.15, 0.2) is 89.2 Å². The Morgan fingerprint density at radius 1 is 0.852 bits per heavy atom. The van der Waals surface area contributed by atoms with Crippen LogP contribution in [0.25, 0.3) is 6.08 Å². The molecule has 2 aromatic rings. The number of ether oxygens (including phenoxy) is 1. The molecule has 0 amide bonds. The Morgan fingerprint density at radius 3 is 2.44 bits per heavy atom. The molecule has 2 unspecified atom stereocenters. The summed E-state index contributed by atoms with van der Waals surface area (Å²) in [6.07, 6.45) is 12.2. The second-order valence-corrected chi connectivity index (χ2v) is 7.89. The predicted molar refractivity (Wildman–Crippen MR) is 111 cm³/mol. The third kappa shape index (κ3) is 3.16. The summed E-state index contributed by atoms with van der Waals surface area (Å²) in [7, 11) is 0. The van der Waals surface area contributed by atoms with Crippen molar-refractivity contribution in [2.24, 2.45) is 5.92 Å². The Morgan fingerprint density at radius 2 is 1.63 bits per heavy atom. The highest BCUT2D eigenvalue weighted by Crippen LogP contribution is 2.51. The van der Waals surface area contributed by atoms with Gasteiger partial charge in [-0.25, -0.2) is 0 Å². The highest BCUT2D eigenvalue weighted by molar-refractivity contribution is 5.61. The smallest absolute Gasteiger partial charge is 0.131 e. The normalized spacial score (nSPS) is 26.1. The lowest BCUT2D eigenvalue weighted by atomic mass is 9.73. The van der Waals surface area contributed by atoms with E-state index in [4.69, 9.17) is 4.74 Å². The van der Waals surface area contributed by atoms with Crippen molar-refractivity contribution in [3.8, 4) is 0 Å². The van der Waals surface area contributed by atoms with Gasteiger partial charge in [0.05, 0.1) is 0 Å². The highest BCUT2D eigenvalue weighted by atomic mass is 16.5. The number of rotatable bonds is 2. The number of hydrogen-bond donors (Lipinski definition) is 0. The number of allylic oxidation sites excluding steroid dienone is 3. The molecule has 27 heavy (non-hydrogen) atoms. The van der Waals surface area contributed by atoms with Crippen LogP contribution in [0.1, 0.15) is 55.8 Å². The van der Waals surface area contributed by atoms with E-state index < -0.39 is 0 Å². The van der Waals surface area contributed by atoms with Crippen LogP contribution in [0.2, 0.25) is 0 Å². The van der Waals surface area contributed by atoms with Crippen LogP contribution in [0.3, 0.4) is 0 Å². The predicted octanol–water partition coefficient (Wildman–Crippen LogP) is 7.01. The van der Waals surface area contributed by atoms with Gasteiger partial charge in [-0.15, -0.1) is 0 Å². The zero-order valence-corrected chi connectivity index (χ0v) is 15.7. The van der Waals surface area contributed by atoms with E-state index in [0.29, 0.717) is 5.92 Å². The van der Waals surface area contributed by atoms with Crippen molar-refractivity contribution in [1.82, 2.24) is 0 Å². The van der Waals surface area contributed by atoms with Gasteiger partial charge in [-0.05, 0) is 72.4 Å². The maximum absolute atomic E-state index is 6.80. The lowest BCUT2D eigenvalue weighted by molar-refractivity contribution is 0.0581. The fourth-order valence-corrected chi connectivity index (χ4v) is 4.90. The second kappa shape index (κ2) is 7.23. The van der Waals surface area contributed by atoms with Crippen LogP contribution in [-0.4, -0.2) is 0 Å². The van der Waals surface area contributed by atoms with E-state index >= 15 is 0 Å². The quantitative estimate of drug-likeness (QED) is 0.564. The average molecular weight is 354 g/mol. The molecule has 136 valence electrons. The minimum Gasteiger partial charge on any atom is -0.485 e. The SMILES string of the molecule is C(=C1CCCC2=C1OC(c1ccccc1)C1CCCC=C21)c1ccccc1. The van der Waals surface area contributed by atoms with E-state index in [1.807, 2.05) is 0 Å². The highest BCUT2D eigenvalue weighted by Gasteiger charge is 2.39. The molecule has 1 heteroatoms. The van der Waals surface area contributed by atoms with Gasteiger partial charge in [0.25, 0.3) is 0 Å². The standard InChI is InChI=1S/C26H26O/c1-3-10-19(11-4-1)18-21-14-9-17-24-22-15-7-8-16-23(22)25(27-26(21)24)20-12-5-2-6-13-20/h1-6,10-13,15,18,23,25H,7-9,14,16-17H2. The van der Waals surface area contributed by atoms with Crippen molar-refractivity contribution in [2.45, 2.75) is 44.6 Å². The summed E-state index contributed by atoms with van der Waals surface area (Å²) >= 11 is 0. The molecule has 1 aliphatic heterocycles. The van der Waals surface area contributed by atoms with Gasteiger partial charge in [-0.2, -0.15) is 0 Å². The second-order valence-electron chi connectivity index (χ2n) is 7.89. The van der Waals surface area contributed by atoms with Crippen molar-refractivity contribution in [3.63, 3.8) is 0 Å². The summed E-state index contributed by atoms with van der Waals surface area (Å²) < 4.78 is 6.80. The third-order valence-corrected chi connectivity index (χ3v) is 6.15. The van der Waals surface area contributed by atoms with Crippen LogP contribution >= 0.6 is 0 Å². The molecular formula is C26H26O. The molecule has 0 radical (unpaired) electrons. The minimum absolute atomic E-state index is 0.147. The first-order valence-electron chi connectivity index (χ1n) is 10.3. The Kier molecular flexibility index (Phi) is 4.45. The molecule has 0 N–H and O–H groups in total. The molecule has 5 rings (SSSR count). The molecule has 2 atom stereocenters. The number of benzene rings is 2. The van der Waals surface area contributed by atoms with Gasteiger partial charge in [0.2, 0.25) is 0 Å². The lowest BCUT2D eigenvalue weighted by Crippen LogP contribution is -2.28. The van der Waals surface area contributed by atoms with Crippen LogP contribution < -0.4 is 0 Å². The summed E-state index contributed by atoms with van der Waals surface area (Å²) in [5, 5.41) is 0. The van der Waals surface area contributed by atoms with Crippen LogP contribution in [0.5, 0.6) is 0 Å². The molecule has 0 saturated heterocycles. The van der Waals surface area contributed by atoms with Gasteiger partial charge in [-0.3, -0.25) is 0 Å². The number of hydrogen-bond acceptors (Lipinski definition) is 1. The first-order chi connectivity index (χ1) is 13.4. The van der Waals surface area contributed by atoms with Crippen LogP contribution in [0.4, 0.5) is 0 Å². The van der Waals surface area contributed by atoms with Crippen molar-refractivity contribution in [3.05, 3.63) is 100 Å². The Balaban J connectivity index is 1.60. The zero-order valence-electron chi connectivity index (χ0n) is 15.7.